The summed E-state index contributed by atoms with van der Waals surface area (Å²) in [6, 6.07) is 10.0. The zero-order valence-corrected chi connectivity index (χ0v) is 10.8. The van der Waals surface area contributed by atoms with Crippen LogP contribution >= 0.6 is 0 Å². The maximum Gasteiger partial charge on any atom is 0.274 e. The summed E-state index contributed by atoms with van der Waals surface area (Å²) >= 11 is 0. The first-order valence-electron chi connectivity index (χ1n) is 5.60. The molecule has 0 fully saturated rings. The lowest BCUT2D eigenvalue weighted by Crippen LogP contribution is -2.33. The zero-order valence-electron chi connectivity index (χ0n) is 9.96. The van der Waals surface area contributed by atoms with Gasteiger partial charge in [-0.3, -0.25) is 0 Å². The van der Waals surface area contributed by atoms with Crippen molar-refractivity contribution in [3.63, 3.8) is 0 Å². The first kappa shape index (κ1) is 14.0. The van der Waals surface area contributed by atoms with Gasteiger partial charge in [0.05, 0.1) is 0 Å². The van der Waals surface area contributed by atoms with E-state index in [-0.39, 0.29) is 0 Å². The van der Waals surface area contributed by atoms with Crippen LogP contribution in [-0.2, 0) is 10.2 Å². The molecule has 0 radical (unpaired) electrons. The smallest absolute Gasteiger partial charge is 0.274 e. The van der Waals surface area contributed by atoms with Gasteiger partial charge in [-0.25, -0.2) is 9.86 Å². The molecule has 5 nitrogen and oxygen atoms in total. The minimum absolute atomic E-state index is 0.363. The molecular formula is C11H19N3O2S. The zero-order chi connectivity index (χ0) is 12.7. The van der Waals surface area contributed by atoms with Crippen molar-refractivity contribution < 1.29 is 8.42 Å². The number of nitrogens with one attached hydrogen (secondary N) is 1. The minimum atomic E-state index is -3.56. The number of hydrogen-bond donors (Lipinski definition) is 2. The van der Waals surface area contributed by atoms with Gasteiger partial charge >= 0.3 is 0 Å². The predicted octanol–water partition coefficient (Wildman–Crippen LogP) is 0.696. The third-order valence-electron chi connectivity index (χ3n) is 2.41. The van der Waals surface area contributed by atoms with Crippen molar-refractivity contribution in [2.24, 2.45) is 5.14 Å². The lowest BCUT2D eigenvalue weighted by Gasteiger charge is -2.22. The van der Waals surface area contributed by atoms with E-state index in [9.17, 15) is 8.42 Å². The van der Waals surface area contributed by atoms with Crippen molar-refractivity contribution in [2.45, 2.75) is 13.3 Å². The molecule has 0 unspecified atom stereocenters. The highest BCUT2D eigenvalue weighted by molar-refractivity contribution is 7.87. The fourth-order valence-electron chi connectivity index (χ4n) is 1.59. The molecule has 0 atom stereocenters. The van der Waals surface area contributed by atoms with Crippen LogP contribution in [0, 0.1) is 0 Å². The van der Waals surface area contributed by atoms with Gasteiger partial charge in [-0.05, 0) is 25.5 Å². The average Bonchev–Trinajstić information content (AvgIpc) is 2.29. The van der Waals surface area contributed by atoms with Gasteiger partial charge in [0.1, 0.15) is 0 Å². The Morgan fingerprint density at radius 2 is 1.94 bits per heavy atom. The van der Waals surface area contributed by atoms with Crippen molar-refractivity contribution in [3.05, 3.63) is 30.3 Å². The Morgan fingerprint density at radius 1 is 1.29 bits per heavy atom. The molecule has 1 aromatic carbocycles. The normalized spacial score (nSPS) is 11.4. The molecule has 0 saturated heterocycles. The number of para-hydroxylation sites is 1. The number of nitrogens with zero attached hydrogens (tertiary/aromatic N) is 1. The Bertz CT molecular complexity index is 420. The molecule has 1 rings (SSSR count). The van der Waals surface area contributed by atoms with E-state index in [1.807, 2.05) is 30.3 Å². The van der Waals surface area contributed by atoms with Crippen molar-refractivity contribution >= 4 is 15.9 Å². The van der Waals surface area contributed by atoms with Crippen LogP contribution < -0.4 is 14.8 Å². The van der Waals surface area contributed by atoms with E-state index in [1.165, 1.54) is 0 Å². The Kier molecular flexibility index (Phi) is 5.40. The maximum absolute atomic E-state index is 10.7. The van der Waals surface area contributed by atoms with E-state index >= 15 is 0 Å². The van der Waals surface area contributed by atoms with Gasteiger partial charge in [-0.15, -0.1) is 0 Å². The van der Waals surface area contributed by atoms with E-state index in [1.54, 1.807) is 0 Å². The monoisotopic (exact) mass is 257 g/mol. The average molecular weight is 257 g/mol. The lowest BCUT2D eigenvalue weighted by molar-refractivity contribution is 0.580. The summed E-state index contributed by atoms with van der Waals surface area (Å²) in [4.78, 5) is 2.19. The lowest BCUT2D eigenvalue weighted by atomic mass is 10.2. The molecular weight excluding hydrogens is 238 g/mol. The Morgan fingerprint density at radius 3 is 2.47 bits per heavy atom. The van der Waals surface area contributed by atoms with Gasteiger partial charge in [0.25, 0.3) is 10.2 Å². The van der Waals surface area contributed by atoms with Crippen molar-refractivity contribution in [2.75, 3.05) is 24.5 Å². The molecule has 0 spiro atoms. The SMILES string of the molecule is CCN(CCCNS(N)(=O)=O)c1ccccc1. The quantitative estimate of drug-likeness (QED) is 0.706. The van der Waals surface area contributed by atoms with Crippen molar-refractivity contribution in [1.29, 1.82) is 0 Å². The van der Waals surface area contributed by atoms with Crippen LogP contribution in [0.4, 0.5) is 5.69 Å². The van der Waals surface area contributed by atoms with Crippen molar-refractivity contribution in [1.82, 2.24) is 4.72 Å². The first-order valence-corrected chi connectivity index (χ1v) is 7.15. The first-order chi connectivity index (χ1) is 8.03. The van der Waals surface area contributed by atoms with Gasteiger partial charge in [0.15, 0.2) is 0 Å². The van der Waals surface area contributed by atoms with Crippen LogP contribution in [0.1, 0.15) is 13.3 Å². The largest absolute Gasteiger partial charge is 0.372 e. The molecule has 0 aliphatic heterocycles. The topological polar surface area (TPSA) is 75.4 Å². The summed E-state index contributed by atoms with van der Waals surface area (Å²) < 4.78 is 23.6. The molecule has 0 amide bonds. The van der Waals surface area contributed by atoms with Crippen LogP contribution in [0.2, 0.25) is 0 Å². The second kappa shape index (κ2) is 6.58. The summed E-state index contributed by atoms with van der Waals surface area (Å²) in [5.74, 6) is 0. The second-order valence-electron chi connectivity index (χ2n) is 3.71. The summed E-state index contributed by atoms with van der Waals surface area (Å²) in [6.45, 7) is 4.12. The van der Waals surface area contributed by atoms with Crippen molar-refractivity contribution in [3.8, 4) is 0 Å². The third kappa shape index (κ3) is 5.67. The fourth-order valence-corrected chi connectivity index (χ4v) is 2.02. The van der Waals surface area contributed by atoms with Gasteiger partial charge < -0.3 is 4.90 Å². The van der Waals surface area contributed by atoms with E-state index in [4.69, 9.17) is 5.14 Å². The van der Waals surface area contributed by atoms with E-state index in [0.29, 0.717) is 6.54 Å². The Balaban J connectivity index is 2.39. The number of nitrogens with two attached hydrogens (primary N) is 1. The van der Waals surface area contributed by atoms with E-state index in [2.05, 4.69) is 16.5 Å². The molecule has 6 heteroatoms. The molecule has 0 aliphatic rings. The molecule has 96 valence electrons. The van der Waals surface area contributed by atoms with Crippen LogP contribution in [0.3, 0.4) is 0 Å². The number of rotatable bonds is 7. The minimum Gasteiger partial charge on any atom is -0.372 e. The predicted molar refractivity (Wildman–Crippen MR) is 70.1 cm³/mol. The second-order valence-corrected chi connectivity index (χ2v) is 5.09. The summed E-state index contributed by atoms with van der Waals surface area (Å²) in [5, 5.41) is 4.84. The van der Waals surface area contributed by atoms with Gasteiger partial charge in [0, 0.05) is 25.3 Å². The number of hydrogen-bond acceptors (Lipinski definition) is 3. The third-order valence-corrected chi connectivity index (χ3v) is 3.02. The fraction of sp³-hybridized carbons (Fsp3) is 0.455. The molecule has 0 aromatic heterocycles. The van der Waals surface area contributed by atoms with Gasteiger partial charge in [0.2, 0.25) is 0 Å². The van der Waals surface area contributed by atoms with E-state index in [0.717, 1.165) is 25.2 Å². The van der Waals surface area contributed by atoms with Crippen LogP contribution in [-0.4, -0.2) is 28.1 Å². The molecule has 17 heavy (non-hydrogen) atoms. The standard InChI is InChI=1S/C11H19N3O2S/c1-2-14(11-7-4-3-5-8-11)10-6-9-13-17(12,15)16/h3-5,7-8,13H,2,6,9-10H2,1H3,(H2,12,15,16). The van der Waals surface area contributed by atoms with E-state index < -0.39 is 10.2 Å². The number of anilines is 1. The van der Waals surface area contributed by atoms with Crippen LogP contribution in [0.5, 0.6) is 0 Å². The molecule has 1 aromatic rings. The Labute approximate surface area is 103 Å². The highest BCUT2D eigenvalue weighted by atomic mass is 32.2. The molecule has 0 heterocycles. The molecule has 0 aliphatic carbocycles. The summed E-state index contributed by atoms with van der Waals surface area (Å²) in [5.41, 5.74) is 1.14. The highest BCUT2D eigenvalue weighted by Crippen LogP contribution is 2.12. The summed E-state index contributed by atoms with van der Waals surface area (Å²) in [6.07, 6.45) is 0.721. The van der Waals surface area contributed by atoms with Crippen LogP contribution in [0.15, 0.2) is 30.3 Å². The number of benzene rings is 1. The highest BCUT2D eigenvalue weighted by Gasteiger charge is 2.04. The maximum atomic E-state index is 10.7. The van der Waals surface area contributed by atoms with Crippen LogP contribution in [0.25, 0.3) is 0 Å². The molecule has 3 N–H and O–H groups in total. The molecule has 0 saturated carbocycles. The van der Waals surface area contributed by atoms with Gasteiger partial charge in [-0.1, -0.05) is 18.2 Å². The Hall–Kier alpha value is -1.11. The van der Waals surface area contributed by atoms with Gasteiger partial charge in [-0.2, -0.15) is 8.42 Å². The molecule has 0 bridgehead atoms. The summed E-state index contributed by atoms with van der Waals surface area (Å²) in [7, 11) is -3.56.